The minimum absolute atomic E-state index is 0.0256. The van der Waals surface area contributed by atoms with Crippen molar-refractivity contribution in [3.63, 3.8) is 0 Å². The SMILES string of the molecule is O=C1O[C@@H](Cc2ccccc2)[C@H]1c1ccccc1. The predicted octanol–water partition coefficient (Wildman–Crippen LogP) is 2.94. The highest BCUT2D eigenvalue weighted by molar-refractivity contribution is 5.84. The molecule has 0 N–H and O–H groups in total. The molecule has 0 aliphatic carbocycles. The molecule has 0 saturated carbocycles. The lowest BCUT2D eigenvalue weighted by Gasteiger charge is -2.35. The Morgan fingerprint density at radius 2 is 1.50 bits per heavy atom. The Morgan fingerprint density at radius 1 is 0.889 bits per heavy atom. The predicted molar refractivity (Wildman–Crippen MR) is 69.2 cm³/mol. The average Bonchev–Trinajstić information content (AvgIpc) is 2.40. The Hall–Kier alpha value is -2.09. The van der Waals surface area contributed by atoms with E-state index < -0.39 is 0 Å². The van der Waals surface area contributed by atoms with Crippen molar-refractivity contribution >= 4 is 5.97 Å². The van der Waals surface area contributed by atoms with Gasteiger partial charge in [-0.05, 0) is 11.1 Å². The molecule has 0 spiro atoms. The fourth-order valence-electron chi connectivity index (χ4n) is 2.39. The third-order valence-electron chi connectivity index (χ3n) is 3.33. The summed E-state index contributed by atoms with van der Waals surface area (Å²) in [5, 5.41) is 0. The minimum Gasteiger partial charge on any atom is -0.460 e. The van der Waals surface area contributed by atoms with Crippen molar-refractivity contribution in [2.24, 2.45) is 0 Å². The van der Waals surface area contributed by atoms with Gasteiger partial charge in [-0.1, -0.05) is 60.7 Å². The lowest BCUT2D eigenvalue weighted by molar-refractivity contribution is -0.174. The maximum atomic E-state index is 11.6. The van der Waals surface area contributed by atoms with Crippen LogP contribution in [0.4, 0.5) is 0 Å². The first-order valence-electron chi connectivity index (χ1n) is 6.14. The first-order valence-corrected chi connectivity index (χ1v) is 6.14. The van der Waals surface area contributed by atoms with Crippen molar-refractivity contribution in [2.75, 3.05) is 0 Å². The van der Waals surface area contributed by atoms with Gasteiger partial charge in [0.1, 0.15) is 12.0 Å². The van der Waals surface area contributed by atoms with Crippen LogP contribution in [0.5, 0.6) is 0 Å². The molecule has 0 unspecified atom stereocenters. The Morgan fingerprint density at radius 3 is 2.11 bits per heavy atom. The van der Waals surface area contributed by atoms with Gasteiger partial charge in [0.25, 0.3) is 0 Å². The molecule has 1 saturated heterocycles. The van der Waals surface area contributed by atoms with E-state index in [0.29, 0.717) is 0 Å². The highest BCUT2D eigenvalue weighted by Gasteiger charge is 2.43. The molecule has 2 atom stereocenters. The number of carbonyl (C=O) groups excluding carboxylic acids is 1. The Labute approximate surface area is 106 Å². The molecular formula is C16H14O2. The molecule has 0 radical (unpaired) electrons. The number of esters is 1. The quantitative estimate of drug-likeness (QED) is 0.768. The summed E-state index contributed by atoms with van der Waals surface area (Å²) in [4.78, 5) is 11.6. The van der Waals surface area contributed by atoms with Gasteiger partial charge in [0.15, 0.2) is 0 Å². The first-order chi connectivity index (χ1) is 8.84. The topological polar surface area (TPSA) is 26.3 Å². The van der Waals surface area contributed by atoms with Crippen LogP contribution >= 0.6 is 0 Å². The van der Waals surface area contributed by atoms with Crippen molar-refractivity contribution in [3.8, 4) is 0 Å². The van der Waals surface area contributed by atoms with Crippen LogP contribution in [0.3, 0.4) is 0 Å². The molecule has 2 aromatic carbocycles. The fourth-order valence-corrected chi connectivity index (χ4v) is 2.39. The normalized spacial score (nSPS) is 22.1. The zero-order valence-electron chi connectivity index (χ0n) is 9.95. The lowest BCUT2D eigenvalue weighted by Crippen LogP contribution is -2.44. The van der Waals surface area contributed by atoms with Crippen LogP contribution in [-0.4, -0.2) is 12.1 Å². The van der Waals surface area contributed by atoms with Gasteiger partial charge in [-0.2, -0.15) is 0 Å². The monoisotopic (exact) mass is 238 g/mol. The summed E-state index contributed by atoms with van der Waals surface area (Å²) in [6.45, 7) is 0. The van der Waals surface area contributed by atoms with E-state index in [2.05, 4.69) is 12.1 Å². The van der Waals surface area contributed by atoms with Crippen molar-refractivity contribution in [1.29, 1.82) is 0 Å². The van der Waals surface area contributed by atoms with Gasteiger partial charge in [-0.25, -0.2) is 0 Å². The zero-order valence-corrected chi connectivity index (χ0v) is 9.95. The molecule has 18 heavy (non-hydrogen) atoms. The Kier molecular flexibility index (Phi) is 2.85. The van der Waals surface area contributed by atoms with Crippen molar-refractivity contribution in [2.45, 2.75) is 18.4 Å². The van der Waals surface area contributed by atoms with Gasteiger partial charge in [-0.15, -0.1) is 0 Å². The van der Waals surface area contributed by atoms with E-state index >= 15 is 0 Å². The third-order valence-corrected chi connectivity index (χ3v) is 3.33. The average molecular weight is 238 g/mol. The first kappa shape index (κ1) is 11.0. The van der Waals surface area contributed by atoms with Crippen LogP contribution in [0.2, 0.25) is 0 Å². The molecule has 2 nitrogen and oxygen atoms in total. The Balaban J connectivity index is 1.77. The van der Waals surface area contributed by atoms with Gasteiger partial charge >= 0.3 is 5.97 Å². The van der Waals surface area contributed by atoms with Crippen LogP contribution in [0, 0.1) is 0 Å². The van der Waals surface area contributed by atoms with E-state index in [1.54, 1.807) is 0 Å². The second-order valence-corrected chi connectivity index (χ2v) is 4.55. The van der Waals surface area contributed by atoms with E-state index in [4.69, 9.17) is 4.74 Å². The molecule has 2 aromatic rings. The van der Waals surface area contributed by atoms with Gasteiger partial charge in [0, 0.05) is 6.42 Å². The number of cyclic esters (lactones) is 1. The molecule has 1 aliphatic rings. The third kappa shape index (κ3) is 2.02. The van der Waals surface area contributed by atoms with Gasteiger partial charge in [-0.3, -0.25) is 4.79 Å². The second kappa shape index (κ2) is 4.65. The maximum Gasteiger partial charge on any atom is 0.317 e. The number of carbonyl (C=O) groups is 1. The molecule has 2 heteroatoms. The molecule has 90 valence electrons. The van der Waals surface area contributed by atoms with Crippen LogP contribution in [0.25, 0.3) is 0 Å². The number of rotatable bonds is 3. The van der Waals surface area contributed by atoms with Gasteiger partial charge in [0.2, 0.25) is 0 Å². The lowest BCUT2D eigenvalue weighted by atomic mass is 9.85. The summed E-state index contributed by atoms with van der Waals surface area (Å²) in [5.74, 6) is -0.214. The number of ether oxygens (including phenoxy) is 1. The molecule has 3 rings (SSSR count). The molecule has 0 amide bonds. The van der Waals surface area contributed by atoms with E-state index in [1.807, 2.05) is 48.5 Å². The summed E-state index contributed by atoms with van der Waals surface area (Å²) < 4.78 is 5.27. The van der Waals surface area contributed by atoms with Crippen LogP contribution < -0.4 is 0 Å². The summed E-state index contributed by atoms with van der Waals surface area (Å²) in [6, 6.07) is 20.0. The number of benzene rings is 2. The number of hydrogen-bond acceptors (Lipinski definition) is 2. The highest BCUT2D eigenvalue weighted by atomic mass is 16.6. The molecule has 1 fully saturated rings. The smallest absolute Gasteiger partial charge is 0.317 e. The van der Waals surface area contributed by atoms with Gasteiger partial charge in [0.05, 0.1) is 0 Å². The summed E-state index contributed by atoms with van der Waals surface area (Å²) in [7, 11) is 0. The molecule has 0 bridgehead atoms. The van der Waals surface area contributed by atoms with Crippen LogP contribution in [0.1, 0.15) is 17.0 Å². The zero-order chi connectivity index (χ0) is 12.4. The molecular weight excluding hydrogens is 224 g/mol. The largest absolute Gasteiger partial charge is 0.460 e. The second-order valence-electron chi connectivity index (χ2n) is 4.55. The standard InChI is InChI=1S/C16H14O2/c17-16-15(13-9-5-2-6-10-13)14(18-16)11-12-7-3-1-4-8-12/h1-10,14-15H,11H2/t14-,15+/m0/s1. The summed E-state index contributed by atoms with van der Waals surface area (Å²) in [6.07, 6.45) is 0.758. The van der Waals surface area contributed by atoms with E-state index in [0.717, 1.165) is 12.0 Å². The fraction of sp³-hybridized carbons (Fsp3) is 0.188. The van der Waals surface area contributed by atoms with E-state index in [1.165, 1.54) is 5.56 Å². The molecule has 0 aromatic heterocycles. The van der Waals surface area contributed by atoms with Crippen molar-refractivity contribution in [1.82, 2.24) is 0 Å². The molecule has 1 aliphatic heterocycles. The number of hydrogen-bond donors (Lipinski definition) is 0. The van der Waals surface area contributed by atoms with E-state index in [-0.39, 0.29) is 18.0 Å². The van der Waals surface area contributed by atoms with Crippen molar-refractivity contribution < 1.29 is 9.53 Å². The van der Waals surface area contributed by atoms with E-state index in [9.17, 15) is 4.79 Å². The van der Waals surface area contributed by atoms with Crippen LogP contribution in [0.15, 0.2) is 60.7 Å². The van der Waals surface area contributed by atoms with Gasteiger partial charge < -0.3 is 4.74 Å². The maximum absolute atomic E-state index is 11.6. The summed E-state index contributed by atoms with van der Waals surface area (Å²) in [5.41, 5.74) is 2.26. The van der Waals surface area contributed by atoms with Crippen molar-refractivity contribution in [3.05, 3.63) is 71.8 Å². The molecule has 1 heterocycles. The summed E-state index contributed by atoms with van der Waals surface area (Å²) >= 11 is 0. The highest BCUT2D eigenvalue weighted by Crippen LogP contribution is 2.34. The Bertz CT molecular complexity index is 534. The van der Waals surface area contributed by atoms with Crippen LogP contribution in [-0.2, 0) is 16.0 Å². The minimum atomic E-state index is -0.109.